The number of carbonyl (C=O) groups is 2. The van der Waals surface area contributed by atoms with Crippen molar-refractivity contribution in [1.29, 1.82) is 0 Å². The third-order valence-electron chi connectivity index (χ3n) is 3.69. The van der Waals surface area contributed by atoms with Crippen LogP contribution < -0.4 is 5.32 Å². The van der Waals surface area contributed by atoms with Crippen molar-refractivity contribution in [2.45, 2.75) is 52.8 Å². The van der Waals surface area contributed by atoms with Gasteiger partial charge in [-0.05, 0) is 27.2 Å². The van der Waals surface area contributed by atoms with Crippen molar-refractivity contribution in [1.82, 2.24) is 19.6 Å². The Balaban J connectivity index is 2.25. The number of nitro groups is 1. The summed E-state index contributed by atoms with van der Waals surface area (Å²) in [5.74, 6) is -1.11. The molecule has 2 aromatic rings. The van der Waals surface area contributed by atoms with Crippen LogP contribution in [0.25, 0.3) is 0 Å². The summed E-state index contributed by atoms with van der Waals surface area (Å²) in [6.07, 6.45) is 3.82. The van der Waals surface area contributed by atoms with Crippen molar-refractivity contribution in [3.8, 4) is 0 Å². The fraction of sp³-hybridized carbons (Fsp3) is 0.500. The first-order valence-corrected chi connectivity index (χ1v) is 8.54. The maximum atomic E-state index is 12.7. The van der Waals surface area contributed by atoms with E-state index in [9.17, 15) is 19.7 Å². The number of ether oxygens (including phenoxy) is 1. The van der Waals surface area contributed by atoms with E-state index in [0.717, 1.165) is 6.20 Å². The maximum Gasteiger partial charge on any atom is 0.361 e. The van der Waals surface area contributed by atoms with Crippen molar-refractivity contribution >= 4 is 23.3 Å². The zero-order chi connectivity index (χ0) is 20.1. The molecule has 1 unspecified atom stereocenters. The summed E-state index contributed by atoms with van der Waals surface area (Å²) in [5, 5.41) is 21.5. The number of nitrogens with one attached hydrogen (secondary N) is 1. The number of aryl methyl sites for hydroxylation is 1. The van der Waals surface area contributed by atoms with Gasteiger partial charge in [-0.3, -0.25) is 24.3 Å². The van der Waals surface area contributed by atoms with E-state index in [1.165, 1.54) is 21.8 Å². The highest BCUT2D eigenvalue weighted by Crippen LogP contribution is 2.21. The molecule has 0 aliphatic heterocycles. The minimum atomic E-state index is -0.780. The van der Waals surface area contributed by atoms with Crippen LogP contribution >= 0.6 is 0 Å². The van der Waals surface area contributed by atoms with Gasteiger partial charge < -0.3 is 10.1 Å². The molecule has 0 bridgehead atoms. The lowest BCUT2D eigenvalue weighted by Crippen LogP contribution is -2.26. The second-order valence-electron chi connectivity index (χ2n) is 6.05. The fourth-order valence-corrected chi connectivity index (χ4v) is 2.40. The lowest BCUT2D eigenvalue weighted by atomic mass is 10.2. The van der Waals surface area contributed by atoms with Gasteiger partial charge in [0.05, 0.1) is 16.7 Å². The first-order valence-electron chi connectivity index (χ1n) is 8.54. The molecule has 11 nitrogen and oxygen atoms in total. The maximum absolute atomic E-state index is 12.7. The van der Waals surface area contributed by atoms with E-state index in [1.807, 2.05) is 6.92 Å². The fourth-order valence-electron chi connectivity index (χ4n) is 2.40. The molecule has 0 spiro atoms. The van der Waals surface area contributed by atoms with Gasteiger partial charge in [0.25, 0.3) is 0 Å². The largest absolute Gasteiger partial charge is 0.458 e. The highest BCUT2D eigenvalue weighted by atomic mass is 16.6. The van der Waals surface area contributed by atoms with Gasteiger partial charge in [0.1, 0.15) is 18.4 Å². The summed E-state index contributed by atoms with van der Waals surface area (Å²) in [7, 11) is 0. The lowest BCUT2D eigenvalue weighted by molar-refractivity contribution is -0.385. The highest BCUT2D eigenvalue weighted by Gasteiger charge is 2.26. The summed E-state index contributed by atoms with van der Waals surface area (Å²) in [4.78, 5) is 35.2. The summed E-state index contributed by atoms with van der Waals surface area (Å²) in [6, 6.07) is -0.780. The van der Waals surface area contributed by atoms with E-state index in [1.54, 1.807) is 20.8 Å². The summed E-state index contributed by atoms with van der Waals surface area (Å²) >= 11 is 0. The van der Waals surface area contributed by atoms with Crippen LogP contribution in [0.3, 0.4) is 0 Å². The minimum Gasteiger partial charge on any atom is -0.458 e. The van der Waals surface area contributed by atoms with Crippen molar-refractivity contribution in [2.75, 3.05) is 5.32 Å². The van der Waals surface area contributed by atoms with E-state index in [-0.39, 0.29) is 23.2 Å². The van der Waals surface area contributed by atoms with Crippen molar-refractivity contribution < 1.29 is 19.2 Å². The average Bonchev–Trinajstić information content (AvgIpc) is 3.22. The molecule has 0 saturated heterocycles. The Morgan fingerprint density at radius 3 is 2.56 bits per heavy atom. The molecule has 0 fully saturated rings. The third-order valence-corrected chi connectivity index (χ3v) is 3.69. The summed E-state index contributed by atoms with van der Waals surface area (Å²) in [5.41, 5.74) is 0.00839. The molecule has 1 atom stereocenters. The van der Waals surface area contributed by atoms with E-state index >= 15 is 0 Å². The van der Waals surface area contributed by atoms with Crippen LogP contribution in [0, 0.1) is 10.1 Å². The Bertz CT molecular complexity index is 840. The van der Waals surface area contributed by atoms with Gasteiger partial charge in [0.2, 0.25) is 5.91 Å². The number of hydrogen-bond donors (Lipinski definition) is 1. The number of hydrogen-bond acceptors (Lipinski definition) is 7. The van der Waals surface area contributed by atoms with Crippen LogP contribution in [-0.2, 0) is 16.1 Å². The number of anilines is 1. The monoisotopic (exact) mass is 378 g/mol. The van der Waals surface area contributed by atoms with Gasteiger partial charge in [-0.25, -0.2) is 4.79 Å². The molecule has 2 rings (SSSR count). The van der Waals surface area contributed by atoms with Crippen LogP contribution in [0.5, 0.6) is 0 Å². The quantitative estimate of drug-likeness (QED) is 0.422. The first-order chi connectivity index (χ1) is 12.8. The normalized spacial score (nSPS) is 12.0. The van der Waals surface area contributed by atoms with E-state index < -0.39 is 22.8 Å². The van der Waals surface area contributed by atoms with E-state index in [4.69, 9.17) is 4.74 Å². The molecule has 2 aromatic heterocycles. The Morgan fingerprint density at radius 1 is 1.33 bits per heavy atom. The minimum absolute atomic E-state index is 0.000184. The second-order valence-corrected chi connectivity index (χ2v) is 6.05. The number of carbonyl (C=O) groups excluding carboxylic acids is 2. The Morgan fingerprint density at radius 2 is 2.04 bits per heavy atom. The van der Waals surface area contributed by atoms with Gasteiger partial charge >= 0.3 is 11.7 Å². The predicted octanol–water partition coefficient (Wildman–Crippen LogP) is 2.16. The van der Waals surface area contributed by atoms with Crippen LogP contribution in [0.1, 0.15) is 50.6 Å². The van der Waals surface area contributed by atoms with Crippen LogP contribution in [0.4, 0.5) is 11.4 Å². The molecule has 11 heteroatoms. The third kappa shape index (κ3) is 4.68. The van der Waals surface area contributed by atoms with Gasteiger partial charge in [0.15, 0.2) is 5.69 Å². The topological polar surface area (TPSA) is 134 Å². The summed E-state index contributed by atoms with van der Waals surface area (Å²) < 4.78 is 7.89. The number of amides is 1. The van der Waals surface area contributed by atoms with Crippen LogP contribution in [0.2, 0.25) is 0 Å². The molecule has 0 radical (unpaired) electrons. The second kappa shape index (κ2) is 8.43. The molecule has 1 amide bonds. The zero-order valence-electron chi connectivity index (χ0n) is 15.6. The molecule has 146 valence electrons. The molecular formula is C16H22N6O5. The van der Waals surface area contributed by atoms with Gasteiger partial charge in [0, 0.05) is 12.7 Å². The Kier molecular flexibility index (Phi) is 6.27. The number of aromatic nitrogens is 4. The number of esters is 1. The average molecular weight is 378 g/mol. The van der Waals surface area contributed by atoms with Gasteiger partial charge in [-0.2, -0.15) is 10.2 Å². The summed E-state index contributed by atoms with van der Waals surface area (Å²) in [6.45, 7) is 7.52. The molecule has 0 aromatic carbocycles. The molecular weight excluding hydrogens is 356 g/mol. The van der Waals surface area contributed by atoms with E-state index in [0.29, 0.717) is 13.0 Å². The van der Waals surface area contributed by atoms with Crippen molar-refractivity contribution in [3.63, 3.8) is 0 Å². The molecule has 2 heterocycles. The first kappa shape index (κ1) is 20.1. The number of rotatable bonds is 8. The SMILES string of the molecule is CCC(C(=O)Nc1cn(CC)nc1C(=O)OC(C)C)n1cc([N+](=O)[O-])cn1. The van der Waals surface area contributed by atoms with Crippen molar-refractivity contribution in [3.05, 3.63) is 34.4 Å². The molecule has 0 aliphatic rings. The van der Waals surface area contributed by atoms with Crippen LogP contribution in [-0.4, -0.2) is 42.5 Å². The molecule has 0 saturated carbocycles. The Labute approximate surface area is 155 Å². The molecule has 1 N–H and O–H groups in total. The van der Waals surface area contributed by atoms with E-state index in [2.05, 4.69) is 15.5 Å². The zero-order valence-corrected chi connectivity index (χ0v) is 15.6. The molecule has 0 aliphatic carbocycles. The standard InChI is InChI=1S/C16H22N6O5/c1-5-13(21-8-11(7-17-21)22(25)26)15(23)18-12-9-20(6-2)19-14(12)16(24)27-10(3)4/h7-10,13H,5-6H2,1-4H3,(H,18,23). The highest BCUT2D eigenvalue weighted by molar-refractivity contribution is 6.01. The number of nitrogens with zero attached hydrogens (tertiary/aromatic N) is 5. The van der Waals surface area contributed by atoms with Crippen LogP contribution in [0.15, 0.2) is 18.6 Å². The lowest BCUT2D eigenvalue weighted by Gasteiger charge is -2.15. The molecule has 27 heavy (non-hydrogen) atoms. The predicted molar refractivity (Wildman–Crippen MR) is 95.3 cm³/mol. The van der Waals surface area contributed by atoms with Gasteiger partial charge in [-0.1, -0.05) is 6.92 Å². The smallest absolute Gasteiger partial charge is 0.361 e. The van der Waals surface area contributed by atoms with Gasteiger partial charge in [-0.15, -0.1) is 0 Å². The van der Waals surface area contributed by atoms with Crippen molar-refractivity contribution in [2.24, 2.45) is 0 Å². The Hall–Kier alpha value is -3.24.